The van der Waals surface area contributed by atoms with E-state index in [1.165, 1.54) is 18.6 Å². The van der Waals surface area contributed by atoms with E-state index in [0.717, 1.165) is 0 Å². The number of hydrogen-bond donors (Lipinski definition) is 0. The summed E-state index contributed by atoms with van der Waals surface area (Å²) < 4.78 is 21.4. The Morgan fingerprint density at radius 3 is 2.71 bits per heavy atom. The number of pyridine rings is 1. The van der Waals surface area contributed by atoms with Crippen LogP contribution in [-0.2, 0) is 14.5 Å². The lowest BCUT2D eigenvalue weighted by Gasteiger charge is -2.04. The summed E-state index contributed by atoms with van der Waals surface area (Å²) in [6.07, 6.45) is 4.30. The van der Waals surface area contributed by atoms with Gasteiger partial charge in [0.25, 0.3) is 5.91 Å². The largest absolute Gasteiger partial charge is 0.372 e. The van der Waals surface area contributed by atoms with Gasteiger partial charge in [-0.05, 0) is 30.3 Å². The summed E-state index contributed by atoms with van der Waals surface area (Å²) in [6.45, 7) is 0.280. The molecule has 1 amide bonds. The van der Waals surface area contributed by atoms with E-state index in [-0.39, 0.29) is 12.2 Å². The van der Waals surface area contributed by atoms with Crippen LogP contribution in [0.3, 0.4) is 0 Å². The zero-order chi connectivity index (χ0) is 17.6. The fourth-order valence-corrected chi connectivity index (χ4v) is 3.08. The monoisotopic (exact) mass is 362 g/mol. The zero-order valence-electron chi connectivity index (χ0n) is 13.2. The van der Waals surface area contributed by atoms with Gasteiger partial charge in [-0.15, -0.1) is 0 Å². The smallest absolute Gasteiger partial charge is 0.286 e. The molecule has 0 aliphatic rings. The predicted octanol–water partition coefficient (Wildman–Crippen LogP) is 3.03. The van der Waals surface area contributed by atoms with Crippen LogP contribution in [-0.4, -0.2) is 35.1 Å². The van der Waals surface area contributed by atoms with Crippen molar-refractivity contribution < 1.29 is 13.7 Å². The molecule has 7 heteroatoms. The molecule has 0 saturated carbocycles. The van der Waals surface area contributed by atoms with Crippen LogP contribution in [0.4, 0.5) is 0 Å². The molecule has 2 rings (SSSR count). The Labute approximate surface area is 146 Å². The molecular formula is C17H15ClN2O3S. The molecule has 24 heavy (non-hydrogen) atoms. The van der Waals surface area contributed by atoms with Gasteiger partial charge in [0.1, 0.15) is 6.61 Å². The van der Waals surface area contributed by atoms with E-state index >= 15 is 0 Å². The Morgan fingerprint density at radius 1 is 1.33 bits per heavy atom. The fourth-order valence-electron chi connectivity index (χ4n) is 1.79. The van der Waals surface area contributed by atoms with E-state index in [1.807, 2.05) is 0 Å². The van der Waals surface area contributed by atoms with Gasteiger partial charge in [-0.2, -0.15) is 4.36 Å². The van der Waals surface area contributed by atoms with E-state index in [9.17, 15) is 9.00 Å². The Morgan fingerprint density at radius 2 is 2.04 bits per heavy atom. The molecule has 1 aromatic heterocycles. The molecule has 2 aromatic rings. The first kappa shape index (κ1) is 18.1. The van der Waals surface area contributed by atoms with Gasteiger partial charge in [-0.1, -0.05) is 23.4 Å². The Balaban J connectivity index is 2.32. The highest BCUT2D eigenvalue weighted by atomic mass is 35.5. The molecule has 0 aliphatic carbocycles. The lowest BCUT2D eigenvalue weighted by atomic mass is 10.2. The van der Waals surface area contributed by atoms with Gasteiger partial charge in [0.05, 0.1) is 15.3 Å². The van der Waals surface area contributed by atoms with Gasteiger partial charge in [0.15, 0.2) is 0 Å². The molecule has 5 nitrogen and oxygen atoms in total. The molecule has 0 fully saturated rings. The lowest BCUT2D eigenvalue weighted by Crippen LogP contribution is -2.04. The first-order chi connectivity index (χ1) is 11.4. The SMILES string of the molecule is COCC#Cc1cncc(C(=O)N=S(C)(=O)c2ccc(Cl)cc2)c1. The molecule has 1 heterocycles. The van der Waals surface area contributed by atoms with Crippen molar-refractivity contribution in [2.75, 3.05) is 20.0 Å². The van der Waals surface area contributed by atoms with E-state index in [2.05, 4.69) is 21.2 Å². The highest BCUT2D eigenvalue weighted by molar-refractivity contribution is 7.93. The van der Waals surface area contributed by atoms with E-state index in [4.69, 9.17) is 16.3 Å². The van der Waals surface area contributed by atoms with Crippen LogP contribution in [0.5, 0.6) is 0 Å². The maximum absolute atomic E-state index is 12.7. The minimum absolute atomic E-state index is 0.225. The first-order valence-corrected chi connectivity index (χ1v) is 9.17. The topological polar surface area (TPSA) is 68.6 Å². The quantitative estimate of drug-likeness (QED) is 0.787. The number of aromatic nitrogens is 1. The number of benzene rings is 1. The third-order valence-electron chi connectivity index (χ3n) is 2.94. The molecule has 124 valence electrons. The maximum Gasteiger partial charge on any atom is 0.286 e. The minimum atomic E-state index is -2.88. The van der Waals surface area contributed by atoms with Gasteiger partial charge in [0, 0.05) is 41.2 Å². The summed E-state index contributed by atoms with van der Waals surface area (Å²) in [4.78, 5) is 16.7. The third-order valence-corrected chi connectivity index (χ3v) is 4.86. The van der Waals surface area contributed by atoms with Crippen LogP contribution >= 0.6 is 11.6 Å². The Bertz CT molecular complexity index is 921. The number of nitrogens with zero attached hydrogens (tertiary/aromatic N) is 2. The molecule has 1 unspecified atom stereocenters. The van der Waals surface area contributed by atoms with Crippen LogP contribution < -0.4 is 0 Å². The Kier molecular flexibility index (Phi) is 6.10. The number of ether oxygens (including phenoxy) is 1. The summed E-state index contributed by atoms with van der Waals surface area (Å²) >= 11 is 5.81. The van der Waals surface area contributed by atoms with Gasteiger partial charge in [0.2, 0.25) is 0 Å². The standard InChI is InChI=1S/C17H15ClN2O3S/c1-23-9-3-4-13-10-14(12-19-11-13)17(21)20-24(2,22)16-7-5-15(18)6-8-16/h5-8,10-12H,9H2,1-2H3. The number of amides is 1. The molecule has 0 aliphatic heterocycles. The minimum Gasteiger partial charge on any atom is -0.372 e. The Hall–Kier alpha value is -2.20. The number of methoxy groups -OCH3 is 1. The lowest BCUT2D eigenvalue weighted by molar-refractivity contribution is 0.100. The molecule has 1 atom stereocenters. The van der Waals surface area contributed by atoms with Crippen molar-refractivity contribution in [3.8, 4) is 11.8 Å². The molecule has 0 N–H and O–H groups in total. The van der Waals surface area contributed by atoms with Crippen LogP contribution in [0.2, 0.25) is 5.02 Å². The van der Waals surface area contributed by atoms with Crippen LogP contribution in [0.1, 0.15) is 15.9 Å². The van der Waals surface area contributed by atoms with Crippen LogP contribution in [0, 0.1) is 11.8 Å². The van der Waals surface area contributed by atoms with E-state index < -0.39 is 15.6 Å². The van der Waals surface area contributed by atoms with E-state index in [0.29, 0.717) is 15.5 Å². The predicted molar refractivity (Wildman–Crippen MR) is 93.5 cm³/mol. The number of rotatable bonds is 3. The van der Waals surface area contributed by atoms with Gasteiger partial charge in [-0.3, -0.25) is 9.78 Å². The van der Waals surface area contributed by atoms with Gasteiger partial charge in [-0.25, -0.2) is 4.21 Å². The molecule has 0 radical (unpaired) electrons. The maximum atomic E-state index is 12.7. The highest BCUT2D eigenvalue weighted by Crippen LogP contribution is 2.17. The van der Waals surface area contributed by atoms with Gasteiger partial charge < -0.3 is 4.74 Å². The molecule has 0 bridgehead atoms. The summed E-state index contributed by atoms with van der Waals surface area (Å²) in [5, 5.41) is 0.520. The van der Waals surface area contributed by atoms with Crippen molar-refractivity contribution in [1.82, 2.24) is 4.98 Å². The number of halogens is 1. The second-order valence-electron chi connectivity index (χ2n) is 4.85. The van der Waals surface area contributed by atoms with Crippen LogP contribution in [0.25, 0.3) is 0 Å². The van der Waals surface area contributed by atoms with Crippen molar-refractivity contribution in [1.29, 1.82) is 0 Å². The summed E-state index contributed by atoms with van der Waals surface area (Å²) in [5.74, 6) is 4.99. The molecular weight excluding hydrogens is 348 g/mol. The molecule has 0 spiro atoms. The van der Waals surface area contributed by atoms with Crippen molar-refractivity contribution in [3.63, 3.8) is 0 Å². The van der Waals surface area contributed by atoms with E-state index in [1.54, 1.807) is 37.4 Å². The van der Waals surface area contributed by atoms with Crippen molar-refractivity contribution >= 4 is 27.2 Å². The average molecular weight is 363 g/mol. The molecule has 0 saturated heterocycles. The second kappa shape index (κ2) is 8.06. The molecule has 1 aromatic carbocycles. The highest BCUT2D eigenvalue weighted by Gasteiger charge is 2.12. The second-order valence-corrected chi connectivity index (χ2v) is 7.55. The number of carbonyl (C=O) groups excluding carboxylic acids is 1. The third kappa shape index (κ3) is 4.90. The zero-order valence-corrected chi connectivity index (χ0v) is 14.7. The summed E-state index contributed by atoms with van der Waals surface area (Å²) in [5.41, 5.74) is 0.782. The number of hydrogen-bond acceptors (Lipinski definition) is 4. The fraction of sp³-hybridized carbons (Fsp3) is 0.176. The summed E-state index contributed by atoms with van der Waals surface area (Å²) in [6, 6.07) is 7.94. The van der Waals surface area contributed by atoms with Crippen molar-refractivity contribution in [3.05, 3.63) is 58.9 Å². The summed E-state index contributed by atoms with van der Waals surface area (Å²) in [7, 11) is -1.33. The number of carbonyl (C=O) groups is 1. The normalized spacial score (nSPS) is 12.6. The first-order valence-electron chi connectivity index (χ1n) is 6.87. The van der Waals surface area contributed by atoms with Gasteiger partial charge >= 0.3 is 0 Å². The van der Waals surface area contributed by atoms with Crippen molar-refractivity contribution in [2.45, 2.75) is 4.90 Å². The van der Waals surface area contributed by atoms with Crippen molar-refractivity contribution in [2.24, 2.45) is 4.36 Å². The van der Waals surface area contributed by atoms with Crippen LogP contribution in [0.15, 0.2) is 52.0 Å². The average Bonchev–Trinajstić information content (AvgIpc) is 2.55.